The van der Waals surface area contributed by atoms with Gasteiger partial charge in [0.05, 0.1) is 23.1 Å². The molecular weight excluding hydrogens is 500 g/mol. The highest BCUT2D eigenvalue weighted by molar-refractivity contribution is 7.99. The van der Waals surface area contributed by atoms with Crippen LogP contribution >= 0.6 is 11.8 Å². The third-order valence-electron chi connectivity index (χ3n) is 8.31. The molecule has 2 saturated carbocycles. The minimum absolute atomic E-state index is 0.108. The summed E-state index contributed by atoms with van der Waals surface area (Å²) in [4.78, 5) is 28.2. The molecule has 0 unspecified atom stereocenters. The topological polar surface area (TPSA) is 102 Å². The average Bonchev–Trinajstić information content (AvgIpc) is 3.39. The normalized spacial score (nSPS) is 27.1. The number of hydrogen-bond acceptors (Lipinski definition) is 8. The van der Waals surface area contributed by atoms with E-state index < -0.39 is 0 Å². The second-order valence-electron chi connectivity index (χ2n) is 11.0. The molecule has 5 rings (SSSR count). The molecule has 10 heteroatoms. The molecule has 3 aliphatic rings. The highest BCUT2D eigenvalue weighted by atomic mass is 32.2. The van der Waals surface area contributed by atoms with Gasteiger partial charge in [-0.1, -0.05) is 43.0 Å². The van der Waals surface area contributed by atoms with Crippen molar-refractivity contribution in [2.75, 3.05) is 24.7 Å². The first kappa shape index (κ1) is 27.1. The third kappa shape index (κ3) is 6.55. The predicted molar refractivity (Wildman–Crippen MR) is 148 cm³/mol. The van der Waals surface area contributed by atoms with Gasteiger partial charge in [0.25, 0.3) is 0 Å². The van der Waals surface area contributed by atoms with Gasteiger partial charge in [-0.2, -0.15) is 26.7 Å². The molecule has 9 nitrogen and oxygen atoms in total. The van der Waals surface area contributed by atoms with Crippen LogP contribution < -0.4 is 0 Å². The number of aromatic nitrogens is 3. The molecule has 2 aliphatic carbocycles. The van der Waals surface area contributed by atoms with Crippen LogP contribution in [-0.4, -0.2) is 74.2 Å². The van der Waals surface area contributed by atoms with Crippen molar-refractivity contribution in [1.82, 2.24) is 19.9 Å². The second kappa shape index (κ2) is 13.0. The summed E-state index contributed by atoms with van der Waals surface area (Å²) in [5, 5.41) is 18.1. The van der Waals surface area contributed by atoms with E-state index in [1.54, 1.807) is 11.8 Å². The Balaban J connectivity index is 1.37. The number of carbonyl (C=O) groups excluding carboxylic acids is 2. The lowest BCUT2D eigenvalue weighted by Gasteiger charge is -2.47. The Hall–Kier alpha value is -2.49. The van der Waals surface area contributed by atoms with E-state index in [1.807, 2.05) is 24.3 Å². The molecule has 1 aliphatic heterocycles. The summed E-state index contributed by atoms with van der Waals surface area (Å²) in [6.07, 6.45) is 12.7. The SMILES string of the molecule is O=C1CCCCCN(C(=O)n2nnc3ccccc32)C2(CCC(N=NC3CCCCC3)CC2)CSCCO1. The number of thioether (sulfide) groups is 1. The minimum Gasteiger partial charge on any atom is -0.465 e. The molecule has 206 valence electrons. The van der Waals surface area contributed by atoms with Crippen molar-refractivity contribution in [3.05, 3.63) is 24.3 Å². The van der Waals surface area contributed by atoms with Gasteiger partial charge in [0.1, 0.15) is 12.1 Å². The summed E-state index contributed by atoms with van der Waals surface area (Å²) >= 11 is 1.77. The van der Waals surface area contributed by atoms with Crippen molar-refractivity contribution in [2.24, 2.45) is 10.2 Å². The van der Waals surface area contributed by atoms with Gasteiger partial charge in [-0.05, 0) is 63.5 Å². The van der Waals surface area contributed by atoms with Crippen LogP contribution in [0.25, 0.3) is 11.0 Å². The maximum atomic E-state index is 14.2. The maximum absolute atomic E-state index is 14.2. The molecule has 38 heavy (non-hydrogen) atoms. The van der Waals surface area contributed by atoms with Gasteiger partial charge in [-0.15, -0.1) is 5.10 Å². The van der Waals surface area contributed by atoms with E-state index in [-0.39, 0.29) is 23.6 Å². The van der Waals surface area contributed by atoms with Crippen LogP contribution in [0.1, 0.15) is 83.5 Å². The molecule has 1 spiro atoms. The van der Waals surface area contributed by atoms with Crippen molar-refractivity contribution >= 4 is 34.8 Å². The molecule has 1 aromatic heterocycles. The number of nitrogens with zero attached hydrogens (tertiary/aromatic N) is 6. The average molecular weight is 541 g/mol. The van der Waals surface area contributed by atoms with Gasteiger partial charge in [0.2, 0.25) is 0 Å². The second-order valence-corrected chi connectivity index (χ2v) is 12.1. The van der Waals surface area contributed by atoms with E-state index >= 15 is 0 Å². The van der Waals surface area contributed by atoms with Crippen LogP contribution in [0.15, 0.2) is 34.5 Å². The zero-order valence-corrected chi connectivity index (χ0v) is 23.1. The van der Waals surface area contributed by atoms with E-state index in [0.29, 0.717) is 25.6 Å². The lowest BCUT2D eigenvalue weighted by molar-refractivity contribution is -0.143. The molecule has 3 fully saturated rings. The number of carbonyl (C=O) groups is 2. The highest BCUT2D eigenvalue weighted by Gasteiger charge is 2.43. The van der Waals surface area contributed by atoms with Gasteiger partial charge in [-0.25, -0.2) is 4.79 Å². The number of ether oxygens (including phenoxy) is 1. The van der Waals surface area contributed by atoms with Crippen LogP contribution in [0.5, 0.6) is 0 Å². The van der Waals surface area contributed by atoms with Gasteiger partial charge in [-0.3, -0.25) is 4.79 Å². The maximum Gasteiger partial charge on any atom is 0.347 e. The Morgan fingerprint density at radius 2 is 1.71 bits per heavy atom. The Morgan fingerprint density at radius 1 is 0.974 bits per heavy atom. The summed E-state index contributed by atoms with van der Waals surface area (Å²) in [6.45, 7) is 1.05. The minimum atomic E-state index is -0.302. The molecule has 1 aromatic carbocycles. The van der Waals surface area contributed by atoms with Crippen LogP contribution in [-0.2, 0) is 9.53 Å². The van der Waals surface area contributed by atoms with E-state index in [9.17, 15) is 9.59 Å². The zero-order chi connectivity index (χ0) is 26.2. The Bertz CT molecular complexity index is 1110. The zero-order valence-electron chi connectivity index (χ0n) is 22.3. The fraction of sp³-hybridized carbons (Fsp3) is 0.714. The summed E-state index contributed by atoms with van der Waals surface area (Å²) < 4.78 is 6.90. The fourth-order valence-corrected chi connectivity index (χ4v) is 7.23. The van der Waals surface area contributed by atoms with Crippen molar-refractivity contribution in [3.63, 3.8) is 0 Å². The standard InChI is InChI=1S/C28H40N6O3S/c35-26-13-5-2-8-18-33(27(36)34-25-12-7-6-11-24(25)31-32-34)28(21-38-20-19-37-26)16-14-23(15-17-28)30-29-22-9-3-1-4-10-22/h6-7,11-12,22-23H,1-5,8-10,13-21H2. The number of amides is 1. The van der Waals surface area contributed by atoms with Gasteiger partial charge < -0.3 is 9.64 Å². The van der Waals surface area contributed by atoms with Crippen molar-refractivity contribution in [3.8, 4) is 0 Å². The van der Waals surface area contributed by atoms with Crippen LogP contribution in [0.4, 0.5) is 4.79 Å². The van der Waals surface area contributed by atoms with Gasteiger partial charge in [0.15, 0.2) is 0 Å². The first-order valence-electron chi connectivity index (χ1n) is 14.4. The lowest BCUT2D eigenvalue weighted by Crippen LogP contribution is -2.57. The predicted octanol–water partition coefficient (Wildman–Crippen LogP) is 6.02. The third-order valence-corrected chi connectivity index (χ3v) is 9.51. The Kier molecular flexibility index (Phi) is 9.30. The summed E-state index contributed by atoms with van der Waals surface area (Å²) in [7, 11) is 0. The number of esters is 1. The Morgan fingerprint density at radius 3 is 2.53 bits per heavy atom. The van der Waals surface area contributed by atoms with Crippen LogP contribution in [0.3, 0.4) is 0 Å². The number of fused-ring (bicyclic) bond motifs is 1. The molecule has 1 amide bonds. The first-order chi connectivity index (χ1) is 18.6. The van der Waals surface area contributed by atoms with E-state index in [0.717, 1.165) is 80.3 Å². The molecule has 0 N–H and O–H groups in total. The molecular formula is C28H40N6O3S. The van der Waals surface area contributed by atoms with Crippen molar-refractivity contribution < 1.29 is 14.3 Å². The first-order valence-corrected chi connectivity index (χ1v) is 15.6. The largest absolute Gasteiger partial charge is 0.465 e. The molecule has 0 radical (unpaired) electrons. The number of para-hydroxylation sites is 1. The molecule has 1 saturated heterocycles. The smallest absolute Gasteiger partial charge is 0.347 e. The van der Waals surface area contributed by atoms with Crippen LogP contribution in [0, 0.1) is 0 Å². The van der Waals surface area contributed by atoms with E-state index in [4.69, 9.17) is 15.0 Å². The van der Waals surface area contributed by atoms with Crippen molar-refractivity contribution in [2.45, 2.75) is 101 Å². The monoisotopic (exact) mass is 540 g/mol. The van der Waals surface area contributed by atoms with E-state index in [2.05, 4.69) is 15.2 Å². The summed E-state index contributed by atoms with van der Waals surface area (Å²) in [5.74, 6) is 1.41. The molecule has 0 bridgehead atoms. The van der Waals surface area contributed by atoms with Gasteiger partial charge in [0, 0.05) is 24.5 Å². The van der Waals surface area contributed by atoms with Crippen molar-refractivity contribution in [1.29, 1.82) is 0 Å². The fourth-order valence-electron chi connectivity index (χ4n) is 6.06. The van der Waals surface area contributed by atoms with E-state index in [1.165, 1.54) is 23.9 Å². The number of azo groups is 1. The quantitative estimate of drug-likeness (QED) is 0.341. The highest BCUT2D eigenvalue weighted by Crippen LogP contribution is 2.39. The lowest BCUT2D eigenvalue weighted by atomic mass is 9.79. The number of hydrogen-bond donors (Lipinski definition) is 0. The molecule has 2 aromatic rings. The van der Waals surface area contributed by atoms with Crippen LogP contribution in [0.2, 0.25) is 0 Å². The number of cyclic esters (lactones) is 1. The molecule has 2 heterocycles. The Labute approximate surface area is 229 Å². The number of benzene rings is 1. The van der Waals surface area contributed by atoms with Gasteiger partial charge >= 0.3 is 12.0 Å². The summed E-state index contributed by atoms with van der Waals surface area (Å²) in [6, 6.07) is 8.13. The number of rotatable bonds is 2. The summed E-state index contributed by atoms with van der Waals surface area (Å²) in [5.41, 5.74) is 1.15. The molecule has 0 atom stereocenters.